The fourth-order valence-electron chi connectivity index (χ4n) is 1.58. The van der Waals surface area contributed by atoms with Gasteiger partial charge in [-0.3, -0.25) is 0 Å². The summed E-state index contributed by atoms with van der Waals surface area (Å²) in [6.07, 6.45) is -1.24. The van der Waals surface area contributed by atoms with Crippen molar-refractivity contribution in [1.82, 2.24) is 0 Å². The number of furan rings is 1. The smallest absolute Gasteiger partial charge is 0.416 e. The first kappa shape index (κ1) is 12.5. The molecule has 0 bridgehead atoms. The van der Waals surface area contributed by atoms with Crippen molar-refractivity contribution in [3.8, 4) is 0 Å². The van der Waals surface area contributed by atoms with Gasteiger partial charge in [-0.15, -0.1) is 0 Å². The second kappa shape index (κ2) is 4.76. The first-order valence-electron chi connectivity index (χ1n) is 5.39. The highest BCUT2D eigenvalue weighted by Gasteiger charge is 2.30. The van der Waals surface area contributed by atoms with E-state index in [-0.39, 0.29) is 0 Å². The minimum Gasteiger partial charge on any atom is -0.472 e. The molecule has 0 fully saturated rings. The van der Waals surface area contributed by atoms with Crippen LogP contribution in [0.2, 0.25) is 0 Å². The van der Waals surface area contributed by atoms with Crippen LogP contribution in [0, 0.1) is 6.92 Å². The van der Waals surface area contributed by atoms with Crippen molar-refractivity contribution in [2.75, 3.05) is 5.32 Å². The van der Waals surface area contributed by atoms with Crippen LogP contribution in [-0.2, 0) is 12.7 Å². The number of aryl methyl sites for hydroxylation is 1. The quantitative estimate of drug-likeness (QED) is 0.888. The van der Waals surface area contributed by atoms with Gasteiger partial charge in [-0.1, -0.05) is 6.07 Å². The minimum absolute atomic E-state index is 0.429. The van der Waals surface area contributed by atoms with E-state index in [0.717, 1.165) is 23.3 Å². The molecule has 0 unspecified atom stereocenters. The molecule has 0 spiro atoms. The first-order chi connectivity index (χ1) is 8.47. The lowest BCUT2D eigenvalue weighted by Crippen LogP contribution is -2.07. The maximum Gasteiger partial charge on any atom is 0.416 e. The molecule has 2 aromatic rings. The van der Waals surface area contributed by atoms with Gasteiger partial charge < -0.3 is 9.73 Å². The Balaban J connectivity index is 2.16. The second-order valence-corrected chi connectivity index (χ2v) is 4.01. The van der Waals surface area contributed by atoms with E-state index in [2.05, 4.69) is 5.32 Å². The van der Waals surface area contributed by atoms with E-state index in [1.54, 1.807) is 19.3 Å². The predicted octanol–water partition coefficient (Wildman–Crippen LogP) is 4.22. The highest BCUT2D eigenvalue weighted by molar-refractivity contribution is 5.53. The van der Waals surface area contributed by atoms with E-state index in [9.17, 15) is 13.2 Å². The Labute approximate surface area is 102 Å². The zero-order chi connectivity index (χ0) is 13.2. The molecule has 0 aliphatic heterocycles. The maximum absolute atomic E-state index is 12.6. The van der Waals surface area contributed by atoms with Crippen LogP contribution < -0.4 is 5.32 Å². The van der Waals surface area contributed by atoms with E-state index in [0.29, 0.717) is 12.2 Å². The molecule has 2 rings (SSSR count). The molecule has 0 atom stereocenters. The molecule has 0 saturated carbocycles. The molecule has 96 valence electrons. The Kier molecular flexibility index (Phi) is 3.32. The van der Waals surface area contributed by atoms with E-state index >= 15 is 0 Å². The Morgan fingerprint density at radius 2 is 2.00 bits per heavy atom. The molecule has 0 aliphatic rings. The van der Waals surface area contributed by atoms with Gasteiger partial charge in [0.25, 0.3) is 0 Å². The lowest BCUT2D eigenvalue weighted by Gasteiger charge is -2.12. The van der Waals surface area contributed by atoms with Crippen molar-refractivity contribution >= 4 is 5.69 Å². The van der Waals surface area contributed by atoms with Crippen molar-refractivity contribution in [2.24, 2.45) is 0 Å². The summed E-state index contributed by atoms with van der Waals surface area (Å²) in [7, 11) is 0. The van der Waals surface area contributed by atoms with E-state index in [4.69, 9.17) is 4.42 Å². The number of nitrogens with one attached hydrogen (secondary N) is 1. The SMILES string of the molecule is Cc1ccc(C(F)(F)F)cc1NCc1ccoc1. The molecular weight excluding hydrogens is 243 g/mol. The van der Waals surface area contributed by atoms with Gasteiger partial charge in [-0.05, 0) is 30.7 Å². The number of rotatable bonds is 3. The highest BCUT2D eigenvalue weighted by Crippen LogP contribution is 2.32. The van der Waals surface area contributed by atoms with Gasteiger partial charge >= 0.3 is 6.18 Å². The Morgan fingerprint density at radius 3 is 2.61 bits per heavy atom. The van der Waals surface area contributed by atoms with Gasteiger partial charge in [0.1, 0.15) is 0 Å². The van der Waals surface area contributed by atoms with Gasteiger partial charge in [0.2, 0.25) is 0 Å². The Morgan fingerprint density at radius 1 is 1.22 bits per heavy atom. The van der Waals surface area contributed by atoms with Crippen molar-refractivity contribution in [3.05, 3.63) is 53.5 Å². The monoisotopic (exact) mass is 255 g/mol. The van der Waals surface area contributed by atoms with Crippen LogP contribution in [0.1, 0.15) is 16.7 Å². The highest BCUT2D eigenvalue weighted by atomic mass is 19.4. The van der Waals surface area contributed by atoms with Crippen LogP contribution in [-0.4, -0.2) is 0 Å². The summed E-state index contributed by atoms with van der Waals surface area (Å²) < 4.78 is 42.6. The molecular formula is C13H12F3NO. The largest absolute Gasteiger partial charge is 0.472 e. The van der Waals surface area contributed by atoms with Crippen LogP contribution >= 0.6 is 0 Å². The Hall–Kier alpha value is -1.91. The molecule has 0 amide bonds. The number of anilines is 1. The van der Waals surface area contributed by atoms with Crippen LogP contribution in [0.4, 0.5) is 18.9 Å². The molecule has 0 saturated heterocycles. The summed E-state index contributed by atoms with van der Waals surface area (Å²) in [5.74, 6) is 0. The fourth-order valence-corrected chi connectivity index (χ4v) is 1.58. The summed E-state index contributed by atoms with van der Waals surface area (Å²) >= 11 is 0. The molecule has 1 aromatic heterocycles. The van der Waals surface area contributed by atoms with E-state index in [1.165, 1.54) is 12.3 Å². The zero-order valence-corrected chi connectivity index (χ0v) is 9.71. The van der Waals surface area contributed by atoms with Crippen molar-refractivity contribution in [2.45, 2.75) is 19.6 Å². The number of hydrogen-bond acceptors (Lipinski definition) is 2. The van der Waals surface area contributed by atoms with Crippen molar-refractivity contribution in [1.29, 1.82) is 0 Å². The fraction of sp³-hybridized carbons (Fsp3) is 0.231. The van der Waals surface area contributed by atoms with E-state index < -0.39 is 11.7 Å². The summed E-state index contributed by atoms with van der Waals surface area (Å²) in [6.45, 7) is 2.19. The third-order valence-corrected chi connectivity index (χ3v) is 2.63. The summed E-state index contributed by atoms with van der Waals surface area (Å²) in [6, 6.07) is 5.42. The standard InChI is InChI=1S/C13H12F3NO/c1-9-2-3-11(13(14,15)16)6-12(9)17-7-10-4-5-18-8-10/h2-6,8,17H,7H2,1H3. The lowest BCUT2D eigenvalue weighted by molar-refractivity contribution is -0.137. The molecule has 5 heteroatoms. The lowest BCUT2D eigenvalue weighted by atomic mass is 10.1. The van der Waals surface area contributed by atoms with E-state index in [1.807, 2.05) is 0 Å². The second-order valence-electron chi connectivity index (χ2n) is 4.01. The van der Waals surface area contributed by atoms with Crippen LogP contribution in [0.5, 0.6) is 0 Å². The Bertz CT molecular complexity index is 518. The van der Waals surface area contributed by atoms with Gasteiger partial charge in [-0.25, -0.2) is 0 Å². The van der Waals surface area contributed by atoms with Crippen LogP contribution in [0.3, 0.4) is 0 Å². The normalized spacial score (nSPS) is 11.6. The van der Waals surface area contributed by atoms with Crippen LogP contribution in [0.25, 0.3) is 0 Å². The number of hydrogen-bond donors (Lipinski definition) is 1. The molecule has 0 radical (unpaired) electrons. The number of halogens is 3. The molecule has 1 N–H and O–H groups in total. The molecule has 2 nitrogen and oxygen atoms in total. The van der Waals surface area contributed by atoms with Gasteiger partial charge in [0.15, 0.2) is 0 Å². The van der Waals surface area contributed by atoms with Gasteiger partial charge in [0, 0.05) is 17.8 Å². The van der Waals surface area contributed by atoms with Crippen molar-refractivity contribution < 1.29 is 17.6 Å². The summed E-state index contributed by atoms with van der Waals surface area (Å²) in [4.78, 5) is 0. The van der Waals surface area contributed by atoms with Crippen LogP contribution in [0.15, 0.2) is 41.2 Å². The topological polar surface area (TPSA) is 25.2 Å². The maximum atomic E-state index is 12.6. The number of benzene rings is 1. The zero-order valence-electron chi connectivity index (χ0n) is 9.71. The number of alkyl halides is 3. The minimum atomic E-state index is -4.32. The average molecular weight is 255 g/mol. The summed E-state index contributed by atoms with van der Waals surface area (Å²) in [5.41, 5.74) is 1.48. The molecule has 1 aromatic carbocycles. The van der Waals surface area contributed by atoms with Crippen molar-refractivity contribution in [3.63, 3.8) is 0 Å². The molecule has 1 heterocycles. The molecule has 0 aliphatic carbocycles. The van der Waals surface area contributed by atoms with Gasteiger partial charge in [-0.2, -0.15) is 13.2 Å². The third-order valence-electron chi connectivity index (χ3n) is 2.63. The van der Waals surface area contributed by atoms with Gasteiger partial charge in [0.05, 0.1) is 18.1 Å². The first-order valence-corrected chi connectivity index (χ1v) is 5.39. The summed E-state index contributed by atoms with van der Waals surface area (Å²) in [5, 5.41) is 2.97. The molecule has 18 heavy (non-hydrogen) atoms. The third kappa shape index (κ3) is 2.85. The predicted molar refractivity (Wildman–Crippen MR) is 62.2 cm³/mol. The average Bonchev–Trinajstić information content (AvgIpc) is 2.79.